The molecule has 132 valence electrons. The van der Waals surface area contributed by atoms with Gasteiger partial charge in [-0.1, -0.05) is 0 Å². The monoisotopic (exact) mass is 359 g/mol. The van der Waals surface area contributed by atoms with Gasteiger partial charge in [0.1, 0.15) is 11.7 Å². The number of anilines is 1. The number of hydrazone groups is 1. The van der Waals surface area contributed by atoms with E-state index in [2.05, 4.69) is 15.5 Å². The molecule has 1 aliphatic rings. The lowest BCUT2D eigenvalue weighted by Gasteiger charge is -2.22. The molecule has 0 radical (unpaired) electrons. The van der Waals surface area contributed by atoms with Crippen molar-refractivity contribution in [1.29, 1.82) is 0 Å². The van der Waals surface area contributed by atoms with Crippen LogP contribution in [-0.4, -0.2) is 30.4 Å². The smallest absolute Gasteiger partial charge is 0.320 e. The number of methoxy groups -OCH3 is 1. The molecule has 0 saturated carbocycles. The summed E-state index contributed by atoms with van der Waals surface area (Å²) in [5, 5.41) is 5.45. The maximum Gasteiger partial charge on any atom is 0.320 e. The summed E-state index contributed by atoms with van der Waals surface area (Å²) in [5.74, 6) is -0.0358. The van der Waals surface area contributed by atoms with Crippen molar-refractivity contribution >= 4 is 28.7 Å². The molecule has 0 amide bonds. The van der Waals surface area contributed by atoms with Crippen LogP contribution in [0.2, 0.25) is 0 Å². The van der Waals surface area contributed by atoms with Gasteiger partial charge in [0.2, 0.25) is 0 Å². The van der Waals surface area contributed by atoms with Gasteiger partial charge in [0.05, 0.1) is 35.8 Å². The zero-order chi connectivity index (χ0) is 17.8. The number of thiazole rings is 1. The summed E-state index contributed by atoms with van der Waals surface area (Å²) in [7, 11) is 1.63. The maximum absolute atomic E-state index is 12.5. The van der Waals surface area contributed by atoms with Gasteiger partial charge in [-0.15, -0.1) is 11.3 Å². The van der Waals surface area contributed by atoms with Crippen molar-refractivity contribution < 1.29 is 14.3 Å². The number of benzene rings is 1. The Hall–Kier alpha value is -2.41. The second-order valence-electron chi connectivity index (χ2n) is 5.67. The first-order chi connectivity index (χ1) is 12.1. The summed E-state index contributed by atoms with van der Waals surface area (Å²) in [6.07, 6.45) is 1.56. The Morgan fingerprint density at radius 1 is 1.36 bits per heavy atom. The molecule has 0 fully saturated rings. The third-order valence-corrected chi connectivity index (χ3v) is 5.04. The van der Waals surface area contributed by atoms with Crippen LogP contribution < -0.4 is 10.2 Å². The number of nitrogens with one attached hydrogen (secondary N) is 1. The third kappa shape index (κ3) is 3.82. The molecular formula is C18H21N3O3S. The van der Waals surface area contributed by atoms with E-state index >= 15 is 0 Å². The SMILES string of the molecule is CCOC(=O)C1/C(=N/Nc2ccc(OC)cc2)CCc2sc(C)nc21. The highest BCUT2D eigenvalue weighted by Gasteiger charge is 2.36. The number of aromatic nitrogens is 1. The van der Waals surface area contributed by atoms with E-state index in [-0.39, 0.29) is 5.97 Å². The van der Waals surface area contributed by atoms with E-state index < -0.39 is 5.92 Å². The van der Waals surface area contributed by atoms with Gasteiger partial charge in [-0.2, -0.15) is 5.10 Å². The highest BCUT2D eigenvalue weighted by Crippen LogP contribution is 2.34. The Bertz CT molecular complexity index is 783. The molecule has 0 saturated heterocycles. The molecular weight excluding hydrogens is 338 g/mol. The first-order valence-corrected chi connectivity index (χ1v) is 9.03. The van der Waals surface area contributed by atoms with Crippen LogP contribution in [0.3, 0.4) is 0 Å². The van der Waals surface area contributed by atoms with E-state index in [1.165, 1.54) is 0 Å². The molecule has 3 rings (SSSR count). The predicted molar refractivity (Wildman–Crippen MR) is 98.6 cm³/mol. The van der Waals surface area contributed by atoms with E-state index in [0.29, 0.717) is 13.0 Å². The number of ether oxygens (including phenoxy) is 2. The zero-order valence-corrected chi connectivity index (χ0v) is 15.4. The fourth-order valence-electron chi connectivity index (χ4n) is 2.83. The Labute approximate surface area is 150 Å². The molecule has 1 aromatic heterocycles. The first kappa shape index (κ1) is 17.4. The van der Waals surface area contributed by atoms with Gasteiger partial charge >= 0.3 is 5.97 Å². The summed E-state index contributed by atoms with van der Waals surface area (Å²) < 4.78 is 10.4. The molecule has 6 nitrogen and oxygen atoms in total. The van der Waals surface area contributed by atoms with Crippen LogP contribution in [0.15, 0.2) is 29.4 Å². The van der Waals surface area contributed by atoms with Crippen LogP contribution >= 0.6 is 11.3 Å². The average Bonchev–Trinajstić information content (AvgIpc) is 3.00. The van der Waals surface area contributed by atoms with Crippen LogP contribution in [0.4, 0.5) is 5.69 Å². The topological polar surface area (TPSA) is 72.8 Å². The molecule has 0 bridgehead atoms. The second-order valence-corrected chi connectivity index (χ2v) is 6.96. The van der Waals surface area contributed by atoms with Crippen molar-refractivity contribution in [2.45, 2.75) is 32.6 Å². The largest absolute Gasteiger partial charge is 0.497 e. The minimum Gasteiger partial charge on any atom is -0.497 e. The average molecular weight is 359 g/mol. The number of fused-ring (bicyclic) bond motifs is 1. The molecule has 2 aromatic rings. The van der Waals surface area contributed by atoms with E-state index in [1.54, 1.807) is 25.4 Å². The first-order valence-electron chi connectivity index (χ1n) is 8.21. The Morgan fingerprint density at radius 3 is 2.80 bits per heavy atom. The van der Waals surface area contributed by atoms with Crippen LogP contribution in [0.1, 0.15) is 34.8 Å². The molecule has 1 atom stereocenters. The lowest BCUT2D eigenvalue weighted by atomic mass is 9.89. The maximum atomic E-state index is 12.5. The van der Waals surface area contributed by atoms with E-state index in [4.69, 9.17) is 9.47 Å². The number of esters is 1. The van der Waals surface area contributed by atoms with Crippen molar-refractivity contribution in [2.75, 3.05) is 19.1 Å². The van der Waals surface area contributed by atoms with Crippen LogP contribution in [0.25, 0.3) is 0 Å². The normalized spacial score (nSPS) is 17.9. The summed E-state index contributed by atoms with van der Waals surface area (Å²) in [6, 6.07) is 7.47. The van der Waals surface area contributed by atoms with Crippen molar-refractivity contribution in [3.05, 3.63) is 39.8 Å². The number of hydrogen-bond acceptors (Lipinski definition) is 7. The van der Waals surface area contributed by atoms with Crippen molar-refractivity contribution in [1.82, 2.24) is 4.98 Å². The highest BCUT2D eigenvalue weighted by atomic mass is 32.1. The number of hydrogen-bond donors (Lipinski definition) is 1. The summed E-state index contributed by atoms with van der Waals surface area (Å²) in [4.78, 5) is 18.2. The van der Waals surface area contributed by atoms with Crippen LogP contribution in [-0.2, 0) is 16.0 Å². The fraction of sp³-hybridized carbons (Fsp3) is 0.389. The molecule has 7 heteroatoms. The number of rotatable bonds is 5. The van der Waals surface area contributed by atoms with E-state index in [9.17, 15) is 4.79 Å². The van der Waals surface area contributed by atoms with Gasteiger partial charge in [0, 0.05) is 4.88 Å². The van der Waals surface area contributed by atoms with Crippen molar-refractivity contribution in [2.24, 2.45) is 5.10 Å². The van der Waals surface area contributed by atoms with Crippen LogP contribution in [0, 0.1) is 6.92 Å². The molecule has 25 heavy (non-hydrogen) atoms. The van der Waals surface area contributed by atoms with Gasteiger partial charge in [-0.3, -0.25) is 10.2 Å². The molecule has 1 N–H and O–H groups in total. The van der Waals surface area contributed by atoms with Gasteiger partial charge in [-0.05, 0) is 51.0 Å². The summed E-state index contributed by atoms with van der Waals surface area (Å²) in [6.45, 7) is 4.10. The summed E-state index contributed by atoms with van der Waals surface area (Å²) in [5.41, 5.74) is 5.41. The molecule has 1 unspecified atom stereocenters. The van der Waals surface area contributed by atoms with Gasteiger partial charge in [0.15, 0.2) is 0 Å². The number of nitrogens with zero attached hydrogens (tertiary/aromatic N) is 2. The third-order valence-electron chi connectivity index (χ3n) is 3.99. The van der Waals surface area contributed by atoms with E-state index in [0.717, 1.165) is 39.1 Å². The molecule has 0 aliphatic heterocycles. The minimum atomic E-state index is -0.528. The Kier molecular flexibility index (Phi) is 5.33. The van der Waals surface area contributed by atoms with E-state index in [1.807, 2.05) is 31.2 Å². The van der Waals surface area contributed by atoms with Crippen molar-refractivity contribution in [3.63, 3.8) is 0 Å². The summed E-state index contributed by atoms with van der Waals surface area (Å²) >= 11 is 1.64. The van der Waals surface area contributed by atoms with Gasteiger partial charge < -0.3 is 9.47 Å². The number of aryl methyl sites for hydroxylation is 2. The minimum absolute atomic E-state index is 0.288. The number of carbonyl (C=O) groups excluding carboxylic acids is 1. The number of carbonyl (C=O) groups is 1. The highest BCUT2D eigenvalue weighted by molar-refractivity contribution is 7.11. The van der Waals surface area contributed by atoms with Gasteiger partial charge in [-0.25, -0.2) is 4.98 Å². The molecule has 1 aliphatic carbocycles. The lowest BCUT2D eigenvalue weighted by molar-refractivity contribution is -0.143. The lowest BCUT2D eigenvalue weighted by Crippen LogP contribution is -2.29. The molecule has 0 spiro atoms. The predicted octanol–water partition coefficient (Wildman–Crippen LogP) is 3.52. The standard InChI is InChI=1S/C18H21N3O3S/c1-4-24-18(22)16-14(9-10-15-17(16)19-11(2)25-15)21-20-12-5-7-13(23-3)8-6-12/h5-8,16,20H,4,9-10H2,1-3H3/b21-14+. The van der Waals surface area contributed by atoms with Crippen molar-refractivity contribution in [3.8, 4) is 5.75 Å². The Morgan fingerprint density at radius 2 is 2.12 bits per heavy atom. The molecule has 1 heterocycles. The van der Waals surface area contributed by atoms with Gasteiger partial charge in [0.25, 0.3) is 0 Å². The zero-order valence-electron chi connectivity index (χ0n) is 14.5. The second kappa shape index (κ2) is 7.65. The molecule has 1 aromatic carbocycles. The Balaban J connectivity index is 1.86. The van der Waals surface area contributed by atoms with Crippen LogP contribution in [0.5, 0.6) is 5.75 Å². The fourth-order valence-corrected chi connectivity index (χ4v) is 3.80. The quantitative estimate of drug-likeness (QED) is 0.653.